The molecule has 10 heteroatoms. The van der Waals surface area contributed by atoms with Crippen LogP contribution >= 0.6 is 0 Å². The van der Waals surface area contributed by atoms with Crippen LogP contribution in [-0.2, 0) is 29.3 Å². The third-order valence-electron chi connectivity index (χ3n) is 12.2. The van der Waals surface area contributed by atoms with E-state index in [1.165, 1.54) is 6.07 Å². The van der Waals surface area contributed by atoms with Crippen molar-refractivity contribution in [3.8, 4) is 5.75 Å². The highest BCUT2D eigenvalue weighted by atomic mass is 19.1. The first-order chi connectivity index (χ1) is 23.9. The van der Waals surface area contributed by atoms with Crippen molar-refractivity contribution in [2.45, 2.75) is 118 Å². The summed E-state index contributed by atoms with van der Waals surface area (Å²) in [6, 6.07) is 11.8. The Hall–Kier alpha value is -2.60. The normalized spacial score (nSPS) is 28.0. The Kier molecular flexibility index (Phi) is 14.1. The van der Waals surface area contributed by atoms with E-state index >= 15 is 0 Å². The average Bonchev–Trinajstić information content (AvgIpc) is 3.41. The van der Waals surface area contributed by atoms with Crippen LogP contribution in [0.3, 0.4) is 0 Å². The molecule has 9 atom stereocenters. The number of amides is 1. The number of phenols is 1. The Labute approximate surface area is 306 Å². The summed E-state index contributed by atoms with van der Waals surface area (Å²) >= 11 is 0. The smallest absolute Gasteiger partial charge is 0.240 e. The zero-order valence-electron chi connectivity index (χ0n) is 32.6. The van der Waals surface area contributed by atoms with Crippen LogP contribution in [0, 0.1) is 40.8 Å². The molecule has 0 radical (unpaired) electrons. The van der Waals surface area contributed by atoms with Gasteiger partial charge in [0.1, 0.15) is 23.7 Å². The minimum atomic E-state index is -0.874. The third-order valence-corrected chi connectivity index (χ3v) is 12.2. The SMILES string of the molecule is CC(C)C[C@@H](CN(C)C)N(Cc1cccc(CN2O[C@@H](CO)[C@@H]([C@H](C)O)[C@H]2C(=O)N[C@H]2C[C@@H](C)C(C)(C)[C@@H](C)[C@@H]2C)c1)Cc1ccc(F)cc1O. The maximum atomic E-state index is 14.2. The number of hydroxylamine groups is 2. The topological polar surface area (TPSA) is 109 Å². The molecule has 0 bridgehead atoms. The van der Waals surface area contributed by atoms with Gasteiger partial charge >= 0.3 is 0 Å². The number of hydrogen-bond acceptors (Lipinski definition) is 8. The number of rotatable bonds is 15. The van der Waals surface area contributed by atoms with Gasteiger partial charge in [-0.05, 0) is 80.1 Å². The van der Waals surface area contributed by atoms with Crippen molar-refractivity contribution in [2.24, 2.45) is 35.0 Å². The minimum Gasteiger partial charge on any atom is -0.508 e. The van der Waals surface area contributed by atoms with Crippen molar-refractivity contribution in [3.63, 3.8) is 0 Å². The molecule has 1 saturated carbocycles. The van der Waals surface area contributed by atoms with Crippen molar-refractivity contribution in [2.75, 3.05) is 27.2 Å². The summed E-state index contributed by atoms with van der Waals surface area (Å²) in [7, 11) is 4.11. The van der Waals surface area contributed by atoms with Crippen LogP contribution in [0.2, 0.25) is 0 Å². The Balaban J connectivity index is 1.60. The second kappa shape index (κ2) is 17.5. The van der Waals surface area contributed by atoms with E-state index in [9.17, 15) is 24.5 Å². The molecule has 4 rings (SSSR count). The fourth-order valence-corrected chi connectivity index (χ4v) is 8.46. The van der Waals surface area contributed by atoms with Crippen LogP contribution in [0.15, 0.2) is 42.5 Å². The van der Waals surface area contributed by atoms with Crippen LogP contribution < -0.4 is 5.32 Å². The van der Waals surface area contributed by atoms with E-state index in [1.807, 2.05) is 12.1 Å². The lowest BCUT2D eigenvalue weighted by molar-refractivity contribution is -0.182. The summed E-state index contributed by atoms with van der Waals surface area (Å²) in [6.45, 7) is 19.3. The largest absolute Gasteiger partial charge is 0.508 e. The molecule has 1 heterocycles. The number of halogens is 1. The van der Waals surface area contributed by atoms with Gasteiger partial charge in [-0.3, -0.25) is 14.5 Å². The number of carbonyl (C=O) groups is 1. The zero-order valence-corrected chi connectivity index (χ0v) is 32.6. The number of likely N-dealkylation sites (N-methyl/N-ethyl adjacent to an activating group) is 1. The lowest BCUT2D eigenvalue weighted by atomic mass is 9.58. The maximum absolute atomic E-state index is 14.2. The molecular formula is C41H65FN4O5. The maximum Gasteiger partial charge on any atom is 0.240 e. The molecule has 0 unspecified atom stereocenters. The molecule has 1 aliphatic heterocycles. The summed E-state index contributed by atoms with van der Waals surface area (Å²) in [6.07, 6.45) is 0.225. The van der Waals surface area contributed by atoms with E-state index in [1.54, 1.807) is 18.1 Å². The molecule has 1 saturated heterocycles. The van der Waals surface area contributed by atoms with E-state index in [0.29, 0.717) is 36.4 Å². The number of carbonyl (C=O) groups excluding carboxylic acids is 1. The number of benzene rings is 2. The second-order valence-electron chi connectivity index (χ2n) is 16.9. The lowest BCUT2D eigenvalue weighted by Crippen LogP contribution is -2.56. The van der Waals surface area contributed by atoms with Gasteiger partial charge in [0.15, 0.2) is 0 Å². The summed E-state index contributed by atoms with van der Waals surface area (Å²) in [4.78, 5) is 25.0. The fourth-order valence-electron chi connectivity index (χ4n) is 8.46. The third kappa shape index (κ3) is 10.1. The highest BCUT2D eigenvalue weighted by Gasteiger charge is 2.51. The van der Waals surface area contributed by atoms with Gasteiger partial charge in [-0.15, -0.1) is 0 Å². The molecule has 1 amide bonds. The molecule has 286 valence electrons. The van der Waals surface area contributed by atoms with E-state index < -0.39 is 30.0 Å². The van der Waals surface area contributed by atoms with E-state index in [0.717, 1.165) is 36.6 Å². The molecule has 1 aliphatic carbocycles. The van der Waals surface area contributed by atoms with Crippen molar-refractivity contribution in [1.29, 1.82) is 0 Å². The molecule has 9 nitrogen and oxygen atoms in total. The summed E-state index contributed by atoms with van der Waals surface area (Å²) < 4.78 is 13.9. The number of nitrogens with zero attached hydrogens (tertiary/aromatic N) is 3. The second-order valence-corrected chi connectivity index (χ2v) is 16.9. The Bertz CT molecular complexity index is 1430. The molecule has 2 aromatic rings. The average molecular weight is 713 g/mol. The van der Waals surface area contributed by atoms with Crippen molar-refractivity contribution in [1.82, 2.24) is 20.2 Å². The van der Waals surface area contributed by atoms with Crippen LogP contribution in [-0.4, -0.2) is 93.7 Å². The number of nitrogens with one attached hydrogen (secondary N) is 1. The fraction of sp³-hybridized carbons (Fsp3) is 0.683. The number of aromatic hydroxyl groups is 1. The molecule has 0 spiro atoms. The molecule has 2 fully saturated rings. The first-order valence-electron chi connectivity index (χ1n) is 18.9. The number of aliphatic hydroxyl groups excluding tert-OH is 2. The summed E-state index contributed by atoms with van der Waals surface area (Å²) in [5, 5.41) is 36.8. The van der Waals surface area contributed by atoms with Crippen LogP contribution in [0.1, 0.15) is 84.9 Å². The number of hydrogen-bond donors (Lipinski definition) is 4. The highest BCUT2D eigenvalue weighted by Crippen LogP contribution is 2.47. The predicted molar refractivity (Wildman–Crippen MR) is 200 cm³/mol. The van der Waals surface area contributed by atoms with Gasteiger partial charge in [-0.2, -0.15) is 5.06 Å². The van der Waals surface area contributed by atoms with Crippen LogP contribution in [0.4, 0.5) is 4.39 Å². The van der Waals surface area contributed by atoms with Gasteiger partial charge in [-0.25, -0.2) is 4.39 Å². The molecular weight excluding hydrogens is 647 g/mol. The molecule has 4 N–H and O–H groups in total. The van der Waals surface area contributed by atoms with Gasteiger partial charge < -0.3 is 25.5 Å². The van der Waals surface area contributed by atoms with E-state index in [2.05, 4.69) is 89.8 Å². The predicted octanol–water partition coefficient (Wildman–Crippen LogP) is 5.81. The van der Waals surface area contributed by atoms with Gasteiger partial charge in [-0.1, -0.05) is 78.8 Å². The Morgan fingerprint density at radius 1 is 1.08 bits per heavy atom. The summed E-state index contributed by atoms with van der Waals surface area (Å²) in [5.41, 5.74) is 2.81. The van der Waals surface area contributed by atoms with Gasteiger partial charge in [0, 0.05) is 49.3 Å². The highest BCUT2D eigenvalue weighted by molar-refractivity contribution is 5.82. The van der Waals surface area contributed by atoms with Crippen molar-refractivity contribution in [3.05, 3.63) is 65.0 Å². The first kappa shape index (κ1) is 41.2. The van der Waals surface area contributed by atoms with Gasteiger partial charge in [0.2, 0.25) is 5.91 Å². The van der Waals surface area contributed by atoms with Crippen molar-refractivity contribution >= 4 is 5.91 Å². The van der Waals surface area contributed by atoms with Gasteiger partial charge in [0.05, 0.1) is 19.3 Å². The first-order valence-corrected chi connectivity index (χ1v) is 18.9. The zero-order chi connectivity index (χ0) is 37.8. The van der Waals surface area contributed by atoms with Crippen LogP contribution in [0.25, 0.3) is 0 Å². The number of aliphatic hydroxyl groups is 2. The summed E-state index contributed by atoms with van der Waals surface area (Å²) in [5.74, 6) is 0.233. The quantitative estimate of drug-likeness (QED) is 0.184. The molecule has 0 aromatic heterocycles. The Morgan fingerprint density at radius 2 is 1.76 bits per heavy atom. The van der Waals surface area contributed by atoms with Crippen molar-refractivity contribution < 1.29 is 29.3 Å². The Morgan fingerprint density at radius 3 is 2.37 bits per heavy atom. The molecule has 2 aliphatic rings. The number of phenolic OH excluding ortho intramolecular Hbond substituents is 1. The van der Waals surface area contributed by atoms with E-state index in [4.69, 9.17) is 4.84 Å². The van der Waals surface area contributed by atoms with E-state index in [-0.39, 0.29) is 48.2 Å². The molecule has 2 aromatic carbocycles. The standard InChI is InChI=1S/C41H65FN4O5/c1-25(2)16-34(23-44(9)10)45(22-32-14-15-33(42)19-36(32)49)20-30-12-11-13-31(18-30)21-46-39(38(29(6)48)37(24-47)51-46)40(50)43-35-17-26(3)41(7,8)28(5)27(35)4/h11-15,18-19,25-29,34-35,37-39,47-49H,16-17,20-24H2,1-10H3,(H,43,50)/t26-,27+,28+,29+,34+,35+,37+,38-,39+/m1/s1. The van der Waals surface area contributed by atoms with Gasteiger partial charge in [0.25, 0.3) is 0 Å². The molecule has 51 heavy (non-hydrogen) atoms. The lowest BCUT2D eigenvalue weighted by Gasteiger charge is -2.50. The minimum absolute atomic E-state index is 0.00370. The van der Waals surface area contributed by atoms with Crippen LogP contribution in [0.5, 0.6) is 5.75 Å². The monoisotopic (exact) mass is 712 g/mol.